The third-order valence-electron chi connectivity index (χ3n) is 3.52. The van der Waals surface area contributed by atoms with Crippen molar-refractivity contribution in [3.8, 4) is 0 Å². The van der Waals surface area contributed by atoms with Gasteiger partial charge in [-0.3, -0.25) is 25.7 Å². The minimum atomic E-state index is -0.691. The molecule has 0 heterocycles. The van der Waals surface area contributed by atoms with Crippen LogP contribution in [0.5, 0.6) is 0 Å². The molecule has 0 amide bonds. The molecule has 27 heavy (non-hydrogen) atoms. The fourth-order valence-electron chi connectivity index (χ4n) is 2.23. The fraction of sp³-hybridized carbons (Fsp3) is 0.105. The molecule has 0 spiro atoms. The van der Waals surface area contributed by atoms with Gasteiger partial charge in [-0.1, -0.05) is 42.5 Å². The maximum Gasteiger partial charge on any atom is 0.301 e. The van der Waals surface area contributed by atoms with E-state index in [-0.39, 0.29) is 11.4 Å². The Morgan fingerprint density at radius 1 is 1.04 bits per heavy atom. The standard InChI is InChI=1S/C19H18N4O4/c1-14(8-9-16-6-4-3-5-7-16)12-15(2)20-21-18-11-10-17(22(24)25)13-19(18)23(26)27/h3-13,21H,1-2H3/b9-8?,14-12-,20-15-. The van der Waals surface area contributed by atoms with Crippen molar-refractivity contribution in [3.05, 3.63) is 92.0 Å². The van der Waals surface area contributed by atoms with E-state index in [2.05, 4.69) is 10.5 Å². The molecule has 0 aliphatic heterocycles. The van der Waals surface area contributed by atoms with Crippen molar-refractivity contribution in [2.45, 2.75) is 13.8 Å². The van der Waals surface area contributed by atoms with Gasteiger partial charge in [0.1, 0.15) is 5.69 Å². The molecule has 0 bridgehead atoms. The van der Waals surface area contributed by atoms with Gasteiger partial charge >= 0.3 is 5.69 Å². The van der Waals surface area contributed by atoms with E-state index in [1.807, 2.05) is 55.5 Å². The Balaban J connectivity index is 2.13. The topological polar surface area (TPSA) is 111 Å². The molecule has 1 N–H and O–H groups in total. The van der Waals surface area contributed by atoms with E-state index >= 15 is 0 Å². The molecule has 0 aliphatic rings. The lowest BCUT2D eigenvalue weighted by atomic mass is 10.1. The van der Waals surface area contributed by atoms with Gasteiger partial charge in [0.2, 0.25) is 0 Å². The Morgan fingerprint density at radius 3 is 2.37 bits per heavy atom. The largest absolute Gasteiger partial charge is 0.301 e. The third-order valence-corrected chi connectivity index (χ3v) is 3.52. The van der Waals surface area contributed by atoms with Crippen LogP contribution in [0.2, 0.25) is 0 Å². The molecule has 2 rings (SSSR count). The number of allylic oxidation sites excluding steroid dienone is 3. The molecule has 0 fully saturated rings. The first-order valence-corrected chi connectivity index (χ1v) is 8.01. The monoisotopic (exact) mass is 366 g/mol. The predicted octanol–water partition coefficient (Wildman–Crippen LogP) is 4.95. The molecule has 0 aliphatic carbocycles. The number of nitrogens with one attached hydrogen (secondary N) is 1. The van der Waals surface area contributed by atoms with Crippen LogP contribution < -0.4 is 5.43 Å². The maximum atomic E-state index is 11.1. The quantitative estimate of drug-likeness (QED) is 0.322. The number of hydrogen-bond acceptors (Lipinski definition) is 6. The summed E-state index contributed by atoms with van der Waals surface area (Å²) in [5.41, 5.74) is 4.52. The second-order valence-corrected chi connectivity index (χ2v) is 5.71. The lowest BCUT2D eigenvalue weighted by Crippen LogP contribution is -2.00. The van der Waals surface area contributed by atoms with Crippen LogP contribution in [0.3, 0.4) is 0 Å². The van der Waals surface area contributed by atoms with Gasteiger partial charge in [0, 0.05) is 6.07 Å². The molecule has 0 saturated carbocycles. The average molecular weight is 366 g/mol. The van der Waals surface area contributed by atoms with E-state index in [0.29, 0.717) is 5.71 Å². The summed E-state index contributed by atoms with van der Waals surface area (Å²) in [4.78, 5) is 20.5. The summed E-state index contributed by atoms with van der Waals surface area (Å²) in [6, 6.07) is 13.2. The number of nitro groups is 2. The average Bonchev–Trinajstić information content (AvgIpc) is 2.65. The zero-order chi connectivity index (χ0) is 19.8. The summed E-state index contributed by atoms with van der Waals surface area (Å²) < 4.78 is 0. The van der Waals surface area contributed by atoms with E-state index in [0.717, 1.165) is 17.2 Å². The van der Waals surface area contributed by atoms with E-state index in [1.165, 1.54) is 12.1 Å². The summed E-state index contributed by atoms with van der Waals surface area (Å²) in [5, 5.41) is 26.0. The van der Waals surface area contributed by atoms with Crippen LogP contribution >= 0.6 is 0 Å². The second kappa shape index (κ2) is 9.04. The molecule has 2 aromatic rings. The Kier molecular flexibility index (Phi) is 6.54. The minimum absolute atomic E-state index is 0.0795. The third kappa shape index (κ3) is 5.89. The van der Waals surface area contributed by atoms with E-state index in [4.69, 9.17) is 0 Å². The van der Waals surface area contributed by atoms with Crippen molar-refractivity contribution in [1.82, 2.24) is 0 Å². The molecule has 8 heteroatoms. The zero-order valence-electron chi connectivity index (χ0n) is 14.8. The van der Waals surface area contributed by atoms with Gasteiger partial charge in [0.05, 0.1) is 21.6 Å². The minimum Gasteiger partial charge on any atom is -0.271 e. The van der Waals surface area contributed by atoms with Crippen molar-refractivity contribution in [2.24, 2.45) is 5.10 Å². The number of hydrazone groups is 1. The van der Waals surface area contributed by atoms with Crippen LogP contribution in [0.15, 0.2) is 71.4 Å². The number of hydrogen-bond donors (Lipinski definition) is 1. The molecule has 138 valence electrons. The maximum absolute atomic E-state index is 11.1. The summed E-state index contributed by atoms with van der Waals surface area (Å²) in [6.07, 6.45) is 5.71. The Labute approximate surface area is 155 Å². The van der Waals surface area contributed by atoms with Crippen molar-refractivity contribution in [3.63, 3.8) is 0 Å². The second-order valence-electron chi connectivity index (χ2n) is 5.71. The van der Waals surface area contributed by atoms with Gasteiger partial charge in [-0.05, 0) is 37.1 Å². The highest BCUT2D eigenvalue weighted by Crippen LogP contribution is 2.28. The fourth-order valence-corrected chi connectivity index (χ4v) is 2.23. The van der Waals surface area contributed by atoms with Gasteiger partial charge in [0.15, 0.2) is 0 Å². The summed E-state index contributed by atoms with van der Waals surface area (Å²) >= 11 is 0. The number of anilines is 1. The molecular formula is C19H18N4O4. The lowest BCUT2D eigenvalue weighted by Gasteiger charge is -2.03. The number of nitro benzene ring substituents is 2. The predicted molar refractivity (Wildman–Crippen MR) is 106 cm³/mol. The molecule has 0 aromatic heterocycles. The molecule has 0 atom stereocenters. The van der Waals surface area contributed by atoms with Gasteiger partial charge in [0.25, 0.3) is 5.69 Å². The highest BCUT2D eigenvalue weighted by Gasteiger charge is 2.19. The normalized spacial score (nSPS) is 12.2. The summed E-state index contributed by atoms with van der Waals surface area (Å²) in [6.45, 7) is 3.65. The lowest BCUT2D eigenvalue weighted by molar-refractivity contribution is -0.393. The molecule has 2 aromatic carbocycles. The van der Waals surface area contributed by atoms with Crippen molar-refractivity contribution in [1.29, 1.82) is 0 Å². The molecule has 0 radical (unpaired) electrons. The molecule has 0 saturated heterocycles. The van der Waals surface area contributed by atoms with Crippen LogP contribution in [-0.4, -0.2) is 15.6 Å². The molecule has 0 unspecified atom stereocenters. The Hall–Kier alpha value is -3.81. The first-order valence-electron chi connectivity index (χ1n) is 8.01. The molecule has 8 nitrogen and oxygen atoms in total. The summed E-state index contributed by atoms with van der Waals surface area (Å²) in [5.74, 6) is 0. The van der Waals surface area contributed by atoms with Crippen molar-refractivity contribution in [2.75, 3.05) is 5.43 Å². The van der Waals surface area contributed by atoms with Gasteiger partial charge < -0.3 is 0 Å². The number of benzene rings is 2. The molecular weight excluding hydrogens is 348 g/mol. The number of rotatable bonds is 7. The van der Waals surface area contributed by atoms with Crippen LogP contribution in [0.1, 0.15) is 19.4 Å². The smallest absolute Gasteiger partial charge is 0.271 e. The van der Waals surface area contributed by atoms with Crippen molar-refractivity contribution >= 4 is 28.8 Å². The highest BCUT2D eigenvalue weighted by molar-refractivity contribution is 5.94. The van der Waals surface area contributed by atoms with Crippen LogP contribution in [-0.2, 0) is 0 Å². The van der Waals surface area contributed by atoms with Crippen molar-refractivity contribution < 1.29 is 9.85 Å². The van der Waals surface area contributed by atoms with Gasteiger partial charge in [-0.2, -0.15) is 5.10 Å². The van der Waals surface area contributed by atoms with Crippen LogP contribution in [0.25, 0.3) is 6.08 Å². The summed E-state index contributed by atoms with van der Waals surface area (Å²) in [7, 11) is 0. The van der Waals surface area contributed by atoms with E-state index in [9.17, 15) is 20.2 Å². The first kappa shape index (κ1) is 19.5. The first-order chi connectivity index (χ1) is 12.9. The van der Waals surface area contributed by atoms with Gasteiger partial charge in [-0.15, -0.1) is 0 Å². The number of nitrogens with zero attached hydrogens (tertiary/aromatic N) is 3. The zero-order valence-corrected chi connectivity index (χ0v) is 14.8. The van der Waals surface area contributed by atoms with E-state index in [1.54, 1.807) is 6.92 Å². The number of non-ortho nitro benzene ring substituents is 1. The highest BCUT2D eigenvalue weighted by atomic mass is 16.6. The van der Waals surface area contributed by atoms with E-state index < -0.39 is 15.5 Å². The van der Waals surface area contributed by atoms with Gasteiger partial charge in [-0.25, -0.2) is 0 Å². The Bertz CT molecular complexity index is 934. The SMILES string of the molecule is C/C(C=Cc1ccccc1)=C/C(C)=N\Nc1ccc([N+](=O)[O-])cc1[N+](=O)[O-]. The Morgan fingerprint density at radius 2 is 1.74 bits per heavy atom. The van der Waals surface area contributed by atoms with Crippen LogP contribution in [0, 0.1) is 20.2 Å². The van der Waals surface area contributed by atoms with Crippen LogP contribution in [0.4, 0.5) is 17.1 Å².